The van der Waals surface area contributed by atoms with Gasteiger partial charge in [-0.1, -0.05) is 11.3 Å². The highest BCUT2D eigenvalue weighted by atomic mass is 32.1. The largest absolute Gasteiger partial charge is 0.508 e. The smallest absolute Gasteiger partial charge is 0.413 e. The van der Waals surface area contributed by atoms with Gasteiger partial charge in [-0.15, -0.1) is 10.2 Å². The summed E-state index contributed by atoms with van der Waals surface area (Å²) >= 11 is 1.03. The van der Waals surface area contributed by atoms with Crippen LogP contribution in [0.15, 0.2) is 23.3 Å². The van der Waals surface area contributed by atoms with Crippen molar-refractivity contribution in [3.63, 3.8) is 0 Å². The maximum absolute atomic E-state index is 11.8. The van der Waals surface area contributed by atoms with Crippen LogP contribution < -0.4 is 10.7 Å². The van der Waals surface area contributed by atoms with Crippen molar-refractivity contribution in [3.8, 4) is 11.5 Å². The van der Waals surface area contributed by atoms with E-state index in [1.165, 1.54) is 18.3 Å². The lowest BCUT2D eigenvalue weighted by Crippen LogP contribution is -2.19. The molecule has 2 rings (SSSR count). The van der Waals surface area contributed by atoms with Gasteiger partial charge in [0.1, 0.15) is 16.5 Å². The molecule has 11 heteroatoms. The molecule has 25 heavy (non-hydrogen) atoms. The van der Waals surface area contributed by atoms with E-state index in [1.807, 2.05) is 0 Å². The number of benzene rings is 1. The molecule has 0 aliphatic heterocycles. The number of aromatic nitrogens is 2. The van der Waals surface area contributed by atoms with Crippen LogP contribution >= 0.6 is 11.3 Å². The zero-order valence-electron chi connectivity index (χ0n) is 13.1. The molecule has 0 bridgehead atoms. The normalized spacial score (nSPS) is 10.6. The van der Waals surface area contributed by atoms with Crippen LogP contribution in [0.3, 0.4) is 0 Å². The molecular weight excluding hydrogens is 350 g/mol. The monoisotopic (exact) mass is 365 g/mol. The van der Waals surface area contributed by atoms with E-state index in [4.69, 9.17) is 4.74 Å². The second kappa shape index (κ2) is 8.59. The minimum absolute atomic E-state index is 0.0813. The minimum atomic E-state index is -0.645. The van der Waals surface area contributed by atoms with Crippen molar-refractivity contribution in [2.24, 2.45) is 5.10 Å². The van der Waals surface area contributed by atoms with Gasteiger partial charge in [-0.25, -0.2) is 10.2 Å². The van der Waals surface area contributed by atoms with Gasteiger partial charge in [0.2, 0.25) is 11.0 Å². The van der Waals surface area contributed by atoms with Gasteiger partial charge >= 0.3 is 6.09 Å². The molecule has 0 saturated carbocycles. The average Bonchev–Trinajstić information content (AvgIpc) is 2.96. The highest BCUT2D eigenvalue weighted by Gasteiger charge is 2.11. The number of hydrogen-bond acceptors (Lipinski definition) is 9. The van der Waals surface area contributed by atoms with Crippen LogP contribution in [0.25, 0.3) is 0 Å². The number of nitrogens with one attached hydrogen (secondary N) is 2. The van der Waals surface area contributed by atoms with Crippen molar-refractivity contribution in [2.45, 2.75) is 13.3 Å². The number of aromatic hydroxyl groups is 2. The van der Waals surface area contributed by atoms with Gasteiger partial charge < -0.3 is 14.9 Å². The number of hydrazone groups is 1. The van der Waals surface area contributed by atoms with Crippen LogP contribution in [-0.2, 0) is 16.0 Å². The van der Waals surface area contributed by atoms with E-state index in [-0.39, 0.29) is 29.7 Å². The summed E-state index contributed by atoms with van der Waals surface area (Å²) < 4.78 is 4.70. The number of carbonyl (C=O) groups is 2. The van der Waals surface area contributed by atoms with Crippen LogP contribution in [-0.4, -0.2) is 45.2 Å². The molecule has 10 nitrogen and oxygen atoms in total. The molecule has 0 radical (unpaired) electrons. The molecule has 0 aliphatic carbocycles. The van der Waals surface area contributed by atoms with Crippen molar-refractivity contribution < 1.29 is 24.5 Å². The maximum Gasteiger partial charge on any atom is 0.413 e. The highest BCUT2D eigenvalue weighted by molar-refractivity contribution is 7.15. The first-order valence-electron chi connectivity index (χ1n) is 7.08. The summed E-state index contributed by atoms with van der Waals surface area (Å²) in [6, 6.07) is 3.98. The molecule has 4 N–H and O–H groups in total. The summed E-state index contributed by atoms with van der Waals surface area (Å²) in [6.45, 7) is 1.91. The molecule has 132 valence electrons. The fourth-order valence-electron chi connectivity index (χ4n) is 1.62. The number of ether oxygens (including phenoxy) is 1. The lowest BCUT2D eigenvalue weighted by atomic mass is 10.2. The Morgan fingerprint density at radius 3 is 2.88 bits per heavy atom. The van der Waals surface area contributed by atoms with Gasteiger partial charge in [-0.2, -0.15) is 5.10 Å². The Balaban J connectivity index is 1.85. The number of hydrogen-bond donors (Lipinski definition) is 4. The van der Waals surface area contributed by atoms with Crippen LogP contribution in [0.5, 0.6) is 11.5 Å². The zero-order chi connectivity index (χ0) is 18.2. The van der Waals surface area contributed by atoms with E-state index in [9.17, 15) is 19.8 Å². The van der Waals surface area contributed by atoms with Gasteiger partial charge in [0.05, 0.1) is 19.2 Å². The van der Waals surface area contributed by atoms with Gasteiger partial charge in [-0.3, -0.25) is 10.1 Å². The first kappa shape index (κ1) is 18.1. The van der Waals surface area contributed by atoms with Crippen LogP contribution in [0.1, 0.15) is 17.5 Å². The lowest BCUT2D eigenvalue weighted by molar-refractivity contribution is -0.120. The molecule has 0 aliphatic rings. The quantitative estimate of drug-likeness (QED) is 0.444. The van der Waals surface area contributed by atoms with Crippen LogP contribution in [0.4, 0.5) is 9.93 Å². The summed E-state index contributed by atoms with van der Waals surface area (Å²) in [5.74, 6) is -0.702. The summed E-state index contributed by atoms with van der Waals surface area (Å²) in [4.78, 5) is 23.0. The average molecular weight is 365 g/mol. The molecule has 0 atom stereocenters. The zero-order valence-corrected chi connectivity index (χ0v) is 13.9. The number of rotatable bonds is 6. The molecule has 1 aromatic carbocycles. The SMILES string of the molecule is CCOC(=O)Nc1nnc(CC(=O)N/N=C\c2ccc(O)cc2O)s1. The van der Waals surface area contributed by atoms with E-state index >= 15 is 0 Å². The third-order valence-corrected chi connectivity index (χ3v) is 3.51. The summed E-state index contributed by atoms with van der Waals surface area (Å²) in [5.41, 5.74) is 2.60. The summed E-state index contributed by atoms with van der Waals surface area (Å²) in [5, 5.41) is 33.0. The standard InChI is InChI=1S/C14H15N5O5S/c1-2-24-14(23)16-13-19-18-12(25-13)6-11(22)17-15-7-8-3-4-9(20)5-10(8)21/h3-5,7,20-21H,2,6H2,1H3,(H,17,22)(H,16,19,23)/b15-7-. The summed E-state index contributed by atoms with van der Waals surface area (Å²) in [6.07, 6.45) is 0.509. The Hall–Kier alpha value is -3.21. The molecule has 1 heterocycles. The maximum atomic E-state index is 11.8. The van der Waals surface area contributed by atoms with Gasteiger partial charge in [0.25, 0.3) is 0 Å². The molecule has 0 spiro atoms. The van der Waals surface area contributed by atoms with E-state index in [1.54, 1.807) is 6.92 Å². The van der Waals surface area contributed by atoms with E-state index < -0.39 is 12.0 Å². The predicted molar refractivity (Wildman–Crippen MR) is 89.8 cm³/mol. The second-order valence-corrected chi connectivity index (χ2v) is 5.62. The Morgan fingerprint density at radius 2 is 2.16 bits per heavy atom. The second-order valence-electron chi connectivity index (χ2n) is 4.56. The number of anilines is 1. The van der Waals surface area contributed by atoms with Crippen LogP contribution in [0, 0.1) is 0 Å². The Labute approximate surface area is 146 Å². The highest BCUT2D eigenvalue weighted by Crippen LogP contribution is 2.20. The first-order chi connectivity index (χ1) is 12.0. The molecule has 0 saturated heterocycles. The number of amides is 2. The fourth-order valence-corrected chi connectivity index (χ4v) is 2.35. The number of phenols is 2. The molecule has 0 unspecified atom stereocenters. The Bertz CT molecular complexity index is 792. The van der Waals surface area contributed by atoms with Crippen molar-refractivity contribution in [1.29, 1.82) is 0 Å². The van der Waals surface area contributed by atoms with Crippen molar-refractivity contribution in [3.05, 3.63) is 28.8 Å². The van der Waals surface area contributed by atoms with E-state index in [0.717, 1.165) is 17.4 Å². The molecule has 2 aromatic rings. The number of phenolic OH excluding ortho intramolecular Hbond substituents is 2. The van der Waals surface area contributed by atoms with Crippen molar-refractivity contribution in [2.75, 3.05) is 11.9 Å². The third kappa shape index (κ3) is 5.73. The number of nitrogens with zero attached hydrogens (tertiary/aromatic N) is 3. The first-order valence-corrected chi connectivity index (χ1v) is 7.89. The third-order valence-electron chi connectivity index (χ3n) is 2.67. The van der Waals surface area contributed by atoms with E-state index in [0.29, 0.717) is 10.6 Å². The van der Waals surface area contributed by atoms with E-state index in [2.05, 4.69) is 26.0 Å². The van der Waals surface area contributed by atoms with Crippen molar-refractivity contribution in [1.82, 2.24) is 15.6 Å². The lowest BCUT2D eigenvalue weighted by Gasteiger charge is -2.00. The molecular formula is C14H15N5O5S. The Morgan fingerprint density at radius 1 is 1.36 bits per heavy atom. The molecule has 0 fully saturated rings. The molecule has 1 aromatic heterocycles. The fraction of sp³-hybridized carbons (Fsp3) is 0.214. The van der Waals surface area contributed by atoms with Gasteiger partial charge in [0.15, 0.2) is 0 Å². The topological polar surface area (TPSA) is 146 Å². The van der Waals surface area contributed by atoms with Crippen molar-refractivity contribution >= 4 is 34.7 Å². The van der Waals surface area contributed by atoms with Crippen LogP contribution in [0.2, 0.25) is 0 Å². The Kier molecular flexibility index (Phi) is 6.23. The predicted octanol–water partition coefficient (Wildman–Crippen LogP) is 1.21. The van der Waals surface area contributed by atoms with Gasteiger partial charge in [0, 0.05) is 11.6 Å². The van der Waals surface area contributed by atoms with Gasteiger partial charge in [-0.05, 0) is 19.1 Å². The minimum Gasteiger partial charge on any atom is -0.508 e. The number of carbonyl (C=O) groups excluding carboxylic acids is 2. The summed E-state index contributed by atoms with van der Waals surface area (Å²) in [7, 11) is 0. The molecule has 2 amide bonds.